The quantitative estimate of drug-likeness (QED) is 0.171. The molecule has 0 atom stereocenters. The van der Waals surface area contributed by atoms with Crippen LogP contribution in [0.4, 0.5) is 5.69 Å². The van der Waals surface area contributed by atoms with Crippen LogP contribution in [0.2, 0.25) is 5.02 Å². The van der Waals surface area contributed by atoms with Gasteiger partial charge < -0.3 is 24.3 Å². The maximum atomic E-state index is 12.5. The molecule has 3 aromatic carbocycles. The van der Waals surface area contributed by atoms with Crippen molar-refractivity contribution in [3.05, 3.63) is 74.3 Å². The van der Waals surface area contributed by atoms with Gasteiger partial charge >= 0.3 is 0 Å². The molecule has 3 aromatic rings. The second-order valence-corrected chi connectivity index (χ2v) is 8.97. The minimum atomic E-state index is -0.409. The number of halogens is 2. The van der Waals surface area contributed by atoms with Crippen molar-refractivity contribution in [2.24, 2.45) is 5.10 Å². The fourth-order valence-electron chi connectivity index (χ4n) is 3.14. The van der Waals surface area contributed by atoms with Crippen molar-refractivity contribution in [2.75, 3.05) is 32.8 Å². The van der Waals surface area contributed by atoms with Crippen LogP contribution in [0.5, 0.6) is 23.0 Å². The van der Waals surface area contributed by atoms with Gasteiger partial charge in [-0.05, 0) is 89.7 Å². The Hall–Kier alpha value is -3.51. The number of nitrogens with zero attached hydrogens (tertiary/aromatic N) is 1. The van der Waals surface area contributed by atoms with Gasteiger partial charge in [0.1, 0.15) is 0 Å². The van der Waals surface area contributed by atoms with E-state index in [9.17, 15) is 9.59 Å². The monoisotopic (exact) mass is 637 g/mol. The second kappa shape index (κ2) is 13.7. The molecule has 37 heavy (non-hydrogen) atoms. The third-order valence-electron chi connectivity index (χ3n) is 4.83. The second-order valence-electron chi connectivity index (χ2n) is 7.38. The third-order valence-corrected chi connectivity index (χ3v) is 5.89. The number of nitrogens with one attached hydrogen (secondary N) is 2. The number of carbonyl (C=O) groups excluding carboxylic acids is 2. The lowest BCUT2D eigenvalue weighted by Crippen LogP contribution is -2.20. The lowest BCUT2D eigenvalue weighted by atomic mass is 10.2. The smallest absolute Gasteiger partial charge is 0.271 e. The van der Waals surface area contributed by atoms with Crippen molar-refractivity contribution in [3.63, 3.8) is 0 Å². The molecule has 0 bridgehead atoms. The van der Waals surface area contributed by atoms with Gasteiger partial charge in [0.15, 0.2) is 29.6 Å². The van der Waals surface area contributed by atoms with E-state index >= 15 is 0 Å². The summed E-state index contributed by atoms with van der Waals surface area (Å²) in [5, 5.41) is 7.35. The predicted molar refractivity (Wildman–Crippen MR) is 151 cm³/mol. The van der Waals surface area contributed by atoms with Crippen molar-refractivity contribution in [3.8, 4) is 23.0 Å². The number of anilines is 1. The van der Waals surface area contributed by atoms with E-state index in [1.807, 2.05) is 6.92 Å². The van der Waals surface area contributed by atoms with Gasteiger partial charge in [0.05, 0.1) is 30.6 Å². The molecule has 0 aliphatic carbocycles. The van der Waals surface area contributed by atoms with E-state index in [-0.39, 0.29) is 12.5 Å². The van der Waals surface area contributed by atoms with Crippen molar-refractivity contribution >= 4 is 57.9 Å². The molecule has 0 aliphatic heterocycles. The largest absolute Gasteiger partial charge is 0.493 e. The molecule has 0 spiro atoms. The molecule has 2 amide bonds. The Labute approximate surface area is 233 Å². The summed E-state index contributed by atoms with van der Waals surface area (Å²) < 4.78 is 22.6. The van der Waals surface area contributed by atoms with E-state index < -0.39 is 5.91 Å². The fourth-order valence-corrected chi connectivity index (χ4v) is 4.05. The lowest BCUT2D eigenvalue weighted by molar-refractivity contribution is -0.118. The molecule has 9 nitrogen and oxygen atoms in total. The van der Waals surface area contributed by atoms with Crippen molar-refractivity contribution in [1.82, 2.24) is 5.43 Å². The molecule has 0 radical (unpaired) electrons. The zero-order valence-electron chi connectivity index (χ0n) is 20.3. The van der Waals surface area contributed by atoms with Crippen LogP contribution in [0.3, 0.4) is 0 Å². The first kappa shape index (κ1) is 28.1. The summed E-state index contributed by atoms with van der Waals surface area (Å²) in [7, 11) is 3.03. The number of hydrogen-bond donors (Lipinski definition) is 2. The first-order valence-electron chi connectivity index (χ1n) is 11.0. The summed E-state index contributed by atoms with van der Waals surface area (Å²) in [6.07, 6.45) is 1.48. The Morgan fingerprint density at radius 2 is 1.70 bits per heavy atom. The van der Waals surface area contributed by atoms with Crippen molar-refractivity contribution < 1.29 is 28.5 Å². The highest BCUT2D eigenvalue weighted by Gasteiger charge is 2.14. The van der Waals surface area contributed by atoms with Gasteiger partial charge in [0.25, 0.3) is 11.8 Å². The Balaban J connectivity index is 1.63. The maximum Gasteiger partial charge on any atom is 0.271 e. The van der Waals surface area contributed by atoms with Gasteiger partial charge in [-0.25, -0.2) is 5.43 Å². The Morgan fingerprint density at radius 1 is 0.973 bits per heavy atom. The highest BCUT2D eigenvalue weighted by Crippen LogP contribution is 2.33. The number of benzene rings is 3. The minimum Gasteiger partial charge on any atom is -0.493 e. The van der Waals surface area contributed by atoms with Gasteiger partial charge in [0.2, 0.25) is 0 Å². The van der Waals surface area contributed by atoms with Crippen LogP contribution in [0, 0.1) is 3.57 Å². The highest BCUT2D eigenvalue weighted by atomic mass is 127. The van der Waals surface area contributed by atoms with E-state index in [4.69, 9.17) is 30.5 Å². The van der Waals surface area contributed by atoms with E-state index in [1.165, 1.54) is 20.4 Å². The van der Waals surface area contributed by atoms with Crippen molar-refractivity contribution in [1.29, 1.82) is 0 Å². The summed E-state index contributed by atoms with van der Waals surface area (Å²) >= 11 is 7.94. The van der Waals surface area contributed by atoms with Crippen molar-refractivity contribution in [2.45, 2.75) is 6.92 Å². The van der Waals surface area contributed by atoms with E-state index in [2.05, 4.69) is 38.4 Å². The molecule has 0 aliphatic rings. The summed E-state index contributed by atoms with van der Waals surface area (Å²) in [4.78, 5) is 24.8. The first-order chi connectivity index (χ1) is 17.8. The average Bonchev–Trinajstić information content (AvgIpc) is 2.89. The maximum absolute atomic E-state index is 12.5. The molecule has 0 saturated heterocycles. The van der Waals surface area contributed by atoms with Crippen LogP contribution in [0.15, 0.2) is 59.7 Å². The highest BCUT2D eigenvalue weighted by molar-refractivity contribution is 14.1. The van der Waals surface area contributed by atoms with Crippen LogP contribution in [-0.4, -0.2) is 45.5 Å². The number of carbonyl (C=O) groups is 2. The molecule has 0 fully saturated rings. The standard InChI is InChI=1S/C26H25ClIN3O6/c1-4-36-22-13-17(5-10-21(22)34-2)26(33)31-29-14-16-11-20(28)25(23(12-16)35-3)37-15-24(32)30-19-8-6-18(27)7-9-19/h5-14H,4,15H2,1-3H3,(H,30,32)(H,31,33)/b29-14+. The molecule has 0 saturated carbocycles. The van der Waals surface area contributed by atoms with E-state index in [0.29, 0.717) is 55.0 Å². The molecule has 194 valence electrons. The molecule has 2 N–H and O–H groups in total. The van der Waals surface area contributed by atoms with E-state index in [0.717, 1.165) is 0 Å². The van der Waals surface area contributed by atoms with Gasteiger partial charge in [-0.15, -0.1) is 0 Å². The topological polar surface area (TPSA) is 107 Å². The Morgan fingerprint density at radius 3 is 2.38 bits per heavy atom. The Kier molecular flexibility index (Phi) is 10.4. The van der Waals surface area contributed by atoms with Crippen LogP contribution in [-0.2, 0) is 4.79 Å². The van der Waals surface area contributed by atoms with Gasteiger partial charge in [-0.2, -0.15) is 5.10 Å². The zero-order valence-corrected chi connectivity index (χ0v) is 23.3. The number of hydrazone groups is 1. The van der Waals surface area contributed by atoms with E-state index in [1.54, 1.807) is 54.6 Å². The molecular formula is C26H25ClIN3O6. The van der Waals surface area contributed by atoms with Crippen LogP contribution >= 0.6 is 34.2 Å². The lowest BCUT2D eigenvalue weighted by Gasteiger charge is -2.13. The normalized spacial score (nSPS) is 10.6. The summed E-state index contributed by atoms with van der Waals surface area (Å²) in [6.45, 7) is 2.06. The molecule has 0 unspecified atom stereocenters. The Bertz CT molecular complexity index is 1280. The number of methoxy groups -OCH3 is 2. The number of hydrogen-bond acceptors (Lipinski definition) is 7. The van der Waals surface area contributed by atoms with Crippen LogP contribution < -0.4 is 29.7 Å². The molecule has 3 rings (SSSR count). The predicted octanol–water partition coefficient (Wildman–Crippen LogP) is 5.14. The molecular weight excluding hydrogens is 613 g/mol. The summed E-state index contributed by atoms with van der Waals surface area (Å²) in [5.74, 6) is 1.09. The summed E-state index contributed by atoms with van der Waals surface area (Å²) in [5.41, 5.74) is 4.13. The number of amides is 2. The zero-order chi connectivity index (χ0) is 26.8. The van der Waals surface area contributed by atoms with Crippen LogP contribution in [0.25, 0.3) is 0 Å². The van der Waals surface area contributed by atoms with Crippen LogP contribution in [0.1, 0.15) is 22.8 Å². The SMILES string of the molecule is CCOc1cc(C(=O)N/N=C/c2cc(I)c(OCC(=O)Nc3ccc(Cl)cc3)c(OC)c2)ccc1OC. The molecule has 11 heteroatoms. The van der Waals surface area contributed by atoms with Gasteiger partial charge in [-0.3, -0.25) is 9.59 Å². The van der Waals surface area contributed by atoms with Gasteiger partial charge in [0, 0.05) is 16.3 Å². The minimum absolute atomic E-state index is 0.218. The third kappa shape index (κ3) is 7.99. The number of ether oxygens (including phenoxy) is 4. The number of rotatable bonds is 11. The molecule has 0 heterocycles. The summed E-state index contributed by atoms with van der Waals surface area (Å²) in [6, 6.07) is 15.1. The van der Waals surface area contributed by atoms with Gasteiger partial charge in [-0.1, -0.05) is 11.6 Å². The average molecular weight is 638 g/mol. The molecule has 0 aromatic heterocycles. The fraction of sp³-hybridized carbons (Fsp3) is 0.192. The first-order valence-corrected chi connectivity index (χ1v) is 12.5.